The Morgan fingerprint density at radius 3 is 2.25 bits per heavy atom. The number of likely N-dealkylation sites (tertiary alicyclic amines) is 1. The molecule has 4 aliphatic rings. The van der Waals surface area contributed by atoms with Gasteiger partial charge in [0.15, 0.2) is 0 Å². The fourth-order valence-corrected chi connectivity index (χ4v) is 7.48. The van der Waals surface area contributed by atoms with Gasteiger partial charge < -0.3 is 36.1 Å². The van der Waals surface area contributed by atoms with Crippen LogP contribution in [0, 0.1) is 23.7 Å². The van der Waals surface area contributed by atoms with E-state index in [-0.39, 0.29) is 36.6 Å². The van der Waals surface area contributed by atoms with Crippen molar-refractivity contribution in [2.45, 2.75) is 122 Å². The van der Waals surface area contributed by atoms with Gasteiger partial charge in [-0.25, -0.2) is 4.79 Å². The minimum atomic E-state index is -0.696. The Morgan fingerprint density at radius 2 is 1.73 bits per heavy atom. The lowest BCUT2D eigenvalue weighted by molar-refractivity contribution is -0.144. The number of benzene rings is 1. The number of piperidine rings is 1. The highest BCUT2D eigenvalue weighted by molar-refractivity contribution is 5.89. The fraction of sp³-hybridized carbons (Fsp3) is 0.658. The van der Waals surface area contributed by atoms with E-state index in [4.69, 9.17) is 20.9 Å². The van der Waals surface area contributed by atoms with E-state index >= 15 is 0 Å². The van der Waals surface area contributed by atoms with E-state index in [0.717, 1.165) is 49.7 Å². The molecule has 284 valence electrons. The maximum atomic E-state index is 13.2. The molecule has 0 radical (unpaired) electrons. The first-order valence-corrected chi connectivity index (χ1v) is 18.4. The molecule has 7 unspecified atom stereocenters. The van der Waals surface area contributed by atoms with Crippen LogP contribution in [0.2, 0.25) is 0 Å². The number of nitrogens with zero attached hydrogens (tertiary/aromatic N) is 1. The average molecular weight is 713 g/mol. The van der Waals surface area contributed by atoms with Crippen molar-refractivity contribution in [1.82, 2.24) is 20.9 Å². The quantitative estimate of drug-likeness (QED) is 0.0881. The Bertz CT molecular complexity index is 1300. The summed E-state index contributed by atoms with van der Waals surface area (Å²) in [7, 11) is 0. The lowest BCUT2D eigenvalue weighted by atomic mass is 9.81. The number of rotatable bonds is 13. The number of carbonyl (C=O) groups excluding carboxylic acids is 5. The molecule has 4 fully saturated rings. The van der Waals surface area contributed by atoms with Crippen LogP contribution in [0.4, 0.5) is 4.79 Å². The Labute approximate surface area is 303 Å². The third-order valence-corrected chi connectivity index (χ3v) is 10.6. The van der Waals surface area contributed by atoms with Crippen LogP contribution < -0.4 is 27.4 Å². The van der Waals surface area contributed by atoms with Crippen molar-refractivity contribution < 1.29 is 33.4 Å². The van der Waals surface area contributed by atoms with Crippen LogP contribution in [0.1, 0.15) is 91.0 Å². The number of nitrogens with one attached hydrogen (secondary N) is 3. The summed E-state index contributed by atoms with van der Waals surface area (Å²) >= 11 is 0. The zero-order chi connectivity index (χ0) is 37.6. The number of hydrogen-bond donors (Lipinski definition) is 5. The molecule has 13 nitrogen and oxygen atoms in total. The smallest absolute Gasteiger partial charge is 0.409 e. The van der Waals surface area contributed by atoms with Gasteiger partial charge in [0, 0.05) is 36.0 Å². The van der Waals surface area contributed by atoms with E-state index in [0.29, 0.717) is 24.4 Å². The van der Waals surface area contributed by atoms with Crippen LogP contribution >= 0.6 is 0 Å². The van der Waals surface area contributed by atoms with E-state index in [1.165, 1.54) is 32.1 Å². The van der Waals surface area contributed by atoms with Gasteiger partial charge in [-0.15, -0.1) is 0 Å². The van der Waals surface area contributed by atoms with Crippen molar-refractivity contribution >= 4 is 30.3 Å². The number of nitrogens with two attached hydrogens (primary N) is 2. The van der Waals surface area contributed by atoms with Crippen LogP contribution in [0.15, 0.2) is 43.0 Å². The van der Waals surface area contributed by atoms with Gasteiger partial charge in [-0.3, -0.25) is 24.9 Å². The molecule has 5 rings (SSSR count). The number of esters is 1. The van der Waals surface area contributed by atoms with Crippen molar-refractivity contribution in [3.8, 4) is 0 Å². The summed E-state index contributed by atoms with van der Waals surface area (Å²) in [6, 6.07) is 9.29. The van der Waals surface area contributed by atoms with Crippen molar-refractivity contribution in [3.05, 3.63) is 48.6 Å². The third-order valence-electron chi connectivity index (χ3n) is 10.6. The topological polar surface area (TPSA) is 195 Å². The summed E-state index contributed by atoms with van der Waals surface area (Å²) in [4.78, 5) is 59.1. The zero-order valence-corrected chi connectivity index (χ0v) is 30.8. The molecule has 7 atom stereocenters. The Morgan fingerprint density at radius 1 is 1.06 bits per heavy atom. The molecule has 13 heteroatoms. The summed E-state index contributed by atoms with van der Waals surface area (Å²) < 4.78 is 9.95. The van der Waals surface area contributed by atoms with Gasteiger partial charge in [0.25, 0.3) is 0 Å². The average Bonchev–Trinajstić information content (AvgIpc) is 3.43. The van der Waals surface area contributed by atoms with Crippen molar-refractivity contribution in [2.75, 3.05) is 13.1 Å². The maximum Gasteiger partial charge on any atom is 0.409 e. The monoisotopic (exact) mass is 712 g/mol. The highest BCUT2D eigenvalue weighted by atomic mass is 16.6. The van der Waals surface area contributed by atoms with E-state index in [1.54, 1.807) is 6.92 Å². The number of carbonyl (C=O) groups is 5. The standard InChI is InChI=1S/C18H32N4O3.C12H13NO3.C8H15NO/c1-10-14-13(18(14,3)20)9-22(10)16(23)15(12-7-5-4-6-8-12)21-17(24)25-11(2)19;1-2-11(14)13-8-12(15)16-9-10-6-4-3-5-7-10;1-7(9-6-10)5-8-3-2-4-8/h10-15H,4-9,19-20H2,1-3H3,(H,21,24);2-7H,1,8-9H2,(H,13,14);6-8H,2-5H2,1H3,(H,9,10). The molecule has 1 heterocycles. The van der Waals surface area contributed by atoms with Crippen molar-refractivity contribution in [1.29, 1.82) is 0 Å². The minimum Gasteiger partial charge on any atom is -0.460 e. The summed E-state index contributed by atoms with van der Waals surface area (Å²) in [5, 5.41) is 7.90. The first-order valence-electron chi connectivity index (χ1n) is 18.4. The second-order valence-corrected chi connectivity index (χ2v) is 14.6. The number of ether oxygens (including phenoxy) is 2. The van der Waals surface area contributed by atoms with Crippen molar-refractivity contribution in [2.24, 2.45) is 35.1 Å². The van der Waals surface area contributed by atoms with Gasteiger partial charge in [-0.1, -0.05) is 75.4 Å². The normalized spacial score (nSPS) is 25.3. The lowest BCUT2D eigenvalue weighted by Gasteiger charge is -2.36. The number of hydrogen-bond acceptors (Lipinski definition) is 9. The molecule has 3 aliphatic carbocycles. The Kier molecular flexibility index (Phi) is 16.4. The maximum absolute atomic E-state index is 13.2. The molecule has 1 aromatic carbocycles. The largest absolute Gasteiger partial charge is 0.460 e. The Hall–Kier alpha value is -3.97. The molecule has 4 amide bonds. The van der Waals surface area contributed by atoms with Crippen LogP contribution in [0.25, 0.3) is 0 Å². The molecule has 0 aromatic heterocycles. The van der Waals surface area contributed by atoms with Gasteiger partial charge in [0.05, 0.1) is 0 Å². The number of amides is 4. The van der Waals surface area contributed by atoms with Gasteiger partial charge in [0.1, 0.15) is 25.4 Å². The molecule has 0 bridgehead atoms. The SMILES string of the molecule is C=CC(=O)NCC(=O)OCc1ccccc1.CC(CC1CCC1)NC=O.CC(N)OC(=O)NC(C(=O)N1CC2C(C1C)C2(C)N)C1CCCCC1. The Balaban J connectivity index is 0.000000230. The molecule has 51 heavy (non-hydrogen) atoms. The van der Waals surface area contributed by atoms with Gasteiger partial charge in [-0.05, 0) is 70.4 Å². The summed E-state index contributed by atoms with van der Waals surface area (Å²) in [5.41, 5.74) is 12.6. The number of alkyl carbamates (subject to hydrolysis) is 1. The molecule has 1 saturated heterocycles. The van der Waals surface area contributed by atoms with Gasteiger partial charge >= 0.3 is 12.1 Å². The van der Waals surface area contributed by atoms with Crippen LogP contribution in [0.5, 0.6) is 0 Å². The van der Waals surface area contributed by atoms with E-state index < -0.39 is 30.2 Å². The second kappa shape index (κ2) is 20.2. The third kappa shape index (κ3) is 12.9. The highest BCUT2D eigenvalue weighted by Crippen LogP contribution is 2.56. The molecule has 0 spiro atoms. The summed E-state index contributed by atoms with van der Waals surface area (Å²) in [6.07, 6.45) is 11.2. The molecular weight excluding hydrogens is 652 g/mol. The van der Waals surface area contributed by atoms with Crippen LogP contribution in [-0.4, -0.2) is 78.2 Å². The second-order valence-electron chi connectivity index (χ2n) is 14.6. The molecule has 1 aromatic rings. The zero-order valence-electron chi connectivity index (χ0n) is 30.8. The van der Waals surface area contributed by atoms with Gasteiger partial charge in [0.2, 0.25) is 18.2 Å². The minimum absolute atomic E-state index is 0.00373. The molecule has 1 aliphatic heterocycles. The molecule has 3 saturated carbocycles. The van der Waals surface area contributed by atoms with Crippen molar-refractivity contribution in [3.63, 3.8) is 0 Å². The first-order chi connectivity index (χ1) is 24.3. The predicted molar refractivity (Wildman–Crippen MR) is 194 cm³/mol. The first kappa shape index (κ1) is 41.5. The van der Waals surface area contributed by atoms with Gasteiger partial charge in [-0.2, -0.15) is 0 Å². The van der Waals surface area contributed by atoms with E-state index in [2.05, 4.69) is 43.3 Å². The predicted octanol–water partition coefficient (Wildman–Crippen LogP) is 3.50. The fourth-order valence-electron chi connectivity index (χ4n) is 7.48. The molecular formula is C38H60N6O7. The highest BCUT2D eigenvalue weighted by Gasteiger charge is 2.67. The summed E-state index contributed by atoms with van der Waals surface area (Å²) in [5.74, 6) is 0.923. The van der Waals surface area contributed by atoms with Crippen LogP contribution in [-0.2, 0) is 35.3 Å². The van der Waals surface area contributed by atoms with E-state index in [1.807, 2.05) is 35.2 Å². The lowest BCUT2D eigenvalue weighted by Crippen LogP contribution is -2.56. The number of fused-ring (bicyclic) bond motifs is 1. The molecule has 7 N–H and O–H groups in total. The van der Waals surface area contributed by atoms with E-state index in [9.17, 15) is 24.0 Å². The van der Waals surface area contributed by atoms with Crippen LogP contribution in [0.3, 0.4) is 0 Å². The summed E-state index contributed by atoms with van der Waals surface area (Å²) in [6.45, 7) is 11.8.